The van der Waals surface area contributed by atoms with Crippen molar-refractivity contribution in [1.29, 1.82) is 0 Å². The minimum Gasteiger partial charge on any atom is -0.497 e. The second-order valence-electron chi connectivity index (χ2n) is 6.57. The molecule has 0 aliphatic carbocycles. The van der Waals surface area contributed by atoms with Gasteiger partial charge in [-0.1, -0.05) is 0 Å². The highest BCUT2D eigenvalue weighted by Crippen LogP contribution is 2.35. The van der Waals surface area contributed by atoms with Gasteiger partial charge >= 0.3 is 5.97 Å². The van der Waals surface area contributed by atoms with E-state index >= 15 is 0 Å². The molecule has 8 nitrogen and oxygen atoms in total. The molecule has 0 unspecified atom stereocenters. The number of morpholine rings is 1. The number of nitrogens with one attached hydrogen (secondary N) is 1. The fourth-order valence-electron chi connectivity index (χ4n) is 3.08. The topological polar surface area (TPSA) is 94.2 Å². The normalized spacial score (nSPS) is 13.6. The number of methoxy groups -OCH3 is 1. The summed E-state index contributed by atoms with van der Waals surface area (Å²) in [7, 11) is 1.54. The molecule has 2 amide bonds. The van der Waals surface area contributed by atoms with E-state index in [2.05, 4.69) is 5.32 Å². The van der Waals surface area contributed by atoms with Gasteiger partial charge in [0.15, 0.2) is 0 Å². The largest absolute Gasteiger partial charge is 0.497 e. The molecular weight excluding hydrogens is 408 g/mol. The van der Waals surface area contributed by atoms with Gasteiger partial charge in [-0.2, -0.15) is 0 Å². The van der Waals surface area contributed by atoms with Crippen molar-refractivity contribution >= 4 is 34.1 Å². The molecule has 1 aliphatic heterocycles. The molecule has 160 valence electrons. The Morgan fingerprint density at radius 2 is 1.83 bits per heavy atom. The summed E-state index contributed by atoms with van der Waals surface area (Å²) in [4.78, 5) is 40.4. The summed E-state index contributed by atoms with van der Waals surface area (Å²) in [6.45, 7) is 5.50. The molecule has 1 fully saturated rings. The van der Waals surface area contributed by atoms with Gasteiger partial charge in [-0.05, 0) is 43.7 Å². The molecule has 2 heterocycles. The summed E-state index contributed by atoms with van der Waals surface area (Å²) in [5, 5.41) is 3.06. The van der Waals surface area contributed by atoms with E-state index in [1.54, 1.807) is 50.1 Å². The number of rotatable bonds is 6. The van der Waals surface area contributed by atoms with Gasteiger partial charge < -0.3 is 24.4 Å². The quantitative estimate of drug-likeness (QED) is 0.706. The fraction of sp³-hybridized carbons (Fsp3) is 0.381. The molecule has 1 aromatic heterocycles. The number of thiophene rings is 1. The fourth-order valence-corrected chi connectivity index (χ4v) is 4.24. The number of hydrogen-bond donors (Lipinski definition) is 1. The maximum Gasteiger partial charge on any atom is 0.341 e. The van der Waals surface area contributed by atoms with Crippen LogP contribution in [0.25, 0.3) is 0 Å². The molecule has 2 aromatic rings. The molecule has 0 bridgehead atoms. The molecule has 1 saturated heterocycles. The third-order valence-corrected chi connectivity index (χ3v) is 5.89. The Balaban J connectivity index is 1.91. The smallest absolute Gasteiger partial charge is 0.341 e. The van der Waals surface area contributed by atoms with Crippen LogP contribution >= 0.6 is 11.3 Å². The molecule has 3 rings (SSSR count). The molecule has 0 atom stereocenters. The molecule has 30 heavy (non-hydrogen) atoms. The van der Waals surface area contributed by atoms with E-state index in [1.807, 2.05) is 0 Å². The Morgan fingerprint density at radius 3 is 2.43 bits per heavy atom. The van der Waals surface area contributed by atoms with E-state index in [-0.39, 0.29) is 18.1 Å². The lowest BCUT2D eigenvalue weighted by molar-refractivity contribution is 0.0305. The van der Waals surface area contributed by atoms with Gasteiger partial charge in [0.05, 0.1) is 37.4 Å². The van der Waals surface area contributed by atoms with Gasteiger partial charge in [-0.15, -0.1) is 11.3 Å². The van der Waals surface area contributed by atoms with E-state index in [4.69, 9.17) is 14.2 Å². The molecule has 9 heteroatoms. The number of nitrogens with zero attached hydrogens (tertiary/aromatic N) is 1. The Hall–Kier alpha value is -2.91. The van der Waals surface area contributed by atoms with E-state index in [0.717, 1.165) is 11.3 Å². The van der Waals surface area contributed by atoms with Crippen molar-refractivity contribution in [2.45, 2.75) is 13.8 Å². The highest BCUT2D eigenvalue weighted by atomic mass is 32.1. The van der Waals surface area contributed by atoms with Gasteiger partial charge in [0.25, 0.3) is 11.8 Å². The second kappa shape index (κ2) is 9.73. The summed E-state index contributed by atoms with van der Waals surface area (Å²) < 4.78 is 15.6. The van der Waals surface area contributed by atoms with Gasteiger partial charge in [-0.25, -0.2) is 4.79 Å². The van der Waals surface area contributed by atoms with Gasteiger partial charge in [-0.3, -0.25) is 9.59 Å². The lowest BCUT2D eigenvalue weighted by Crippen LogP contribution is -2.40. The minimum absolute atomic E-state index is 0.184. The minimum atomic E-state index is -0.572. The van der Waals surface area contributed by atoms with Gasteiger partial charge in [0.1, 0.15) is 10.8 Å². The second-order valence-corrected chi connectivity index (χ2v) is 7.59. The predicted molar refractivity (Wildman–Crippen MR) is 113 cm³/mol. The number of esters is 1. The van der Waals surface area contributed by atoms with Gasteiger partial charge in [0, 0.05) is 18.7 Å². The van der Waals surface area contributed by atoms with Crippen LogP contribution in [0.4, 0.5) is 5.00 Å². The molecule has 1 N–H and O–H groups in total. The van der Waals surface area contributed by atoms with Crippen LogP contribution in [0.15, 0.2) is 24.3 Å². The number of carbonyl (C=O) groups is 3. The lowest BCUT2D eigenvalue weighted by Gasteiger charge is -2.26. The molecule has 0 saturated carbocycles. The van der Waals surface area contributed by atoms with E-state index in [9.17, 15) is 14.4 Å². The monoisotopic (exact) mass is 432 g/mol. The lowest BCUT2D eigenvalue weighted by atomic mass is 10.1. The highest BCUT2D eigenvalue weighted by Gasteiger charge is 2.29. The van der Waals surface area contributed by atoms with E-state index in [0.29, 0.717) is 53.1 Å². The Labute approximate surface area is 178 Å². The van der Waals surface area contributed by atoms with Crippen LogP contribution in [0.3, 0.4) is 0 Å². The number of hydrogen-bond acceptors (Lipinski definition) is 7. The van der Waals surface area contributed by atoms with Crippen LogP contribution < -0.4 is 10.1 Å². The van der Waals surface area contributed by atoms with Crippen LogP contribution in [0.1, 0.15) is 42.9 Å². The standard InChI is InChI=1S/C21H24N2O6S/c1-4-29-21(26)16-13(2)17(20(25)23-9-11-28-12-10-23)30-19(16)22-18(24)14-5-7-15(27-3)8-6-14/h5-8H,4,9-12H2,1-3H3,(H,22,24). The SMILES string of the molecule is CCOC(=O)c1c(NC(=O)c2ccc(OC)cc2)sc(C(=O)N2CCOCC2)c1C. The van der Waals surface area contributed by atoms with Crippen molar-refractivity contribution in [3.05, 3.63) is 45.8 Å². The summed E-state index contributed by atoms with van der Waals surface area (Å²) in [6, 6.07) is 6.60. The Bertz CT molecular complexity index is 932. The average Bonchev–Trinajstić information content (AvgIpc) is 3.09. The summed E-state index contributed by atoms with van der Waals surface area (Å²) in [6.07, 6.45) is 0. The first-order valence-electron chi connectivity index (χ1n) is 9.59. The van der Waals surface area contributed by atoms with E-state index in [1.165, 1.54) is 0 Å². The first-order valence-corrected chi connectivity index (χ1v) is 10.4. The zero-order chi connectivity index (χ0) is 21.7. The van der Waals surface area contributed by atoms with Crippen molar-refractivity contribution in [2.75, 3.05) is 45.3 Å². The maximum absolute atomic E-state index is 13.0. The molecule has 0 radical (unpaired) electrons. The third kappa shape index (κ3) is 4.63. The first-order chi connectivity index (χ1) is 14.5. The van der Waals surface area contributed by atoms with Crippen molar-refractivity contribution in [3.8, 4) is 5.75 Å². The van der Waals surface area contributed by atoms with Gasteiger partial charge in [0.2, 0.25) is 0 Å². The van der Waals surface area contributed by atoms with Crippen molar-refractivity contribution in [1.82, 2.24) is 4.90 Å². The van der Waals surface area contributed by atoms with Crippen LogP contribution in [0, 0.1) is 6.92 Å². The van der Waals surface area contributed by atoms with Crippen LogP contribution in [0.5, 0.6) is 5.75 Å². The number of benzene rings is 1. The Kier molecular flexibility index (Phi) is 7.07. The molecule has 1 aliphatic rings. The highest BCUT2D eigenvalue weighted by molar-refractivity contribution is 7.18. The molecule has 0 spiro atoms. The Morgan fingerprint density at radius 1 is 1.17 bits per heavy atom. The number of ether oxygens (including phenoxy) is 3. The van der Waals surface area contributed by atoms with Crippen molar-refractivity contribution < 1.29 is 28.6 Å². The average molecular weight is 432 g/mol. The predicted octanol–water partition coefficient (Wildman–Crippen LogP) is 2.97. The van der Waals surface area contributed by atoms with Crippen LogP contribution in [-0.2, 0) is 9.47 Å². The number of carbonyl (C=O) groups excluding carboxylic acids is 3. The van der Waals surface area contributed by atoms with Crippen LogP contribution in [-0.4, -0.2) is 62.7 Å². The van der Waals surface area contributed by atoms with Crippen molar-refractivity contribution in [3.63, 3.8) is 0 Å². The summed E-state index contributed by atoms with van der Waals surface area (Å²) in [5.74, 6) is -0.521. The van der Waals surface area contributed by atoms with Crippen LogP contribution in [0.2, 0.25) is 0 Å². The zero-order valence-electron chi connectivity index (χ0n) is 17.1. The third-order valence-electron chi connectivity index (χ3n) is 4.70. The molecular formula is C21H24N2O6S. The first kappa shape index (κ1) is 21.8. The summed E-state index contributed by atoms with van der Waals surface area (Å²) >= 11 is 1.08. The van der Waals surface area contributed by atoms with E-state index < -0.39 is 11.9 Å². The molecule has 1 aromatic carbocycles. The number of amides is 2. The van der Waals surface area contributed by atoms with Crippen molar-refractivity contribution in [2.24, 2.45) is 0 Å². The zero-order valence-corrected chi connectivity index (χ0v) is 18.0. The number of anilines is 1. The summed E-state index contributed by atoms with van der Waals surface area (Å²) in [5.41, 5.74) is 1.11. The maximum atomic E-state index is 13.0.